The molecule has 29 heavy (non-hydrogen) atoms. The quantitative estimate of drug-likeness (QED) is 0.449. The maximum Gasteiger partial charge on any atom is 0.244 e. The van der Waals surface area contributed by atoms with Crippen molar-refractivity contribution in [2.75, 3.05) is 34.4 Å². The second-order valence-corrected chi connectivity index (χ2v) is 7.57. The molecular weight excluding hydrogens is 396 g/mol. The Labute approximate surface area is 170 Å². The molecule has 0 aromatic heterocycles. The van der Waals surface area contributed by atoms with Gasteiger partial charge < -0.3 is 19.5 Å². The van der Waals surface area contributed by atoms with Crippen molar-refractivity contribution in [2.45, 2.75) is 4.90 Å². The molecule has 0 aliphatic rings. The van der Waals surface area contributed by atoms with E-state index >= 15 is 0 Å². The van der Waals surface area contributed by atoms with Crippen molar-refractivity contribution in [1.82, 2.24) is 10.0 Å². The van der Waals surface area contributed by atoms with Crippen LogP contribution in [0.2, 0.25) is 0 Å². The van der Waals surface area contributed by atoms with Crippen LogP contribution in [0.1, 0.15) is 5.56 Å². The lowest BCUT2D eigenvalue weighted by Crippen LogP contribution is -2.34. The van der Waals surface area contributed by atoms with Gasteiger partial charge in [-0.25, -0.2) is 13.1 Å². The summed E-state index contributed by atoms with van der Waals surface area (Å²) in [4.78, 5) is 12.1. The van der Waals surface area contributed by atoms with Gasteiger partial charge in [0.2, 0.25) is 15.9 Å². The van der Waals surface area contributed by atoms with Gasteiger partial charge in [0.1, 0.15) is 17.2 Å². The Kier molecular flexibility index (Phi) is 8.05. The van der Waals surface area contributed by atoms with Gasteiger partial charge in [-0.2, -0.15) is 0 Å². The highest BCUT2D eigenvalue weighted by Gasteiger charge is 2.13. The smallest absolute Gasteiger partial charge is 0.244 e. The number of ether oxygens (including phenoxy) is 3. The maximum atomic E-state index is 12.2. The lowest BCUT2D eigenvalue weighted by atomic mass is 10.1. The van der Waals surface area contributed by atoms with Crippen molar-refractivity contribution >= 4 is 22.0 Å². The zero-order chi connectivity index (χ0) is 21.3. The van der Waals surface area contributed by atoms with Gasteiger partial charge in [0, 0.05) is 30.8 Å². The molecule has 2 N–H and O–H groups in total. The van der Waals surface area contributed by atoms with Crippen molar-refractivity contribution in [3.8, 4) is 17.2 Å². The van der Waals surface area contributed by atoms with Gasteiger partial charge in [-0.3, -0.25) is 4.79 Å². The molecule has 1 amide bonds. The maximum absolute atomic E-state index is 12.2. The summed E-state index contributed by atoms with van der Waals surface area (Å²) in [5, 5.41) is 2.62. The minimum atomic E-state index is -3.66. The highest BCUT2D eigenvalue weighted by molar-refractivity contribution is 7.89. The first-order valence-corrected chi connectivity index (χ1v) is 10.2. The van der Waals surface area contributed by atoms with Crippen molar-refractivity contribution in [1.29, 1.82) is 0 Å². The van der Waals surface area contributed by atoms with E-state index in [0.717, 1.165) is 0 Å². The number of nitrogens with one attached hydrogen (secondary N) is 2. The van der Waals surface area contributed by atoms with Gasteiger partial charge in [-0.1, -0.05) is 0 Å². The fourth-order valence-electron chi connectivity index (χ4n) is 2.39. The number of carbonyl (C=O) groups excluding carboxylic acids is 1. The molecule has 0 spiro atoms. The number of carbonyl (C=O) groups is 1. The molecule has 2 rings (SSSR count). The van der Waals surface area contributed by atoms with Crippen molar-refractivity contribution in [2.24, 2.45) is 0 Å². The molecule has 0 aliphatic heterocycles. The lowest BCUT2D eigenvalue weighted by Gasteiger charge is -2.08. The van der Waals surface area contributed by atoms with E-state index < -0.39 is 10.0 Å². The van der Waals surface area contributed by atoms with Crippen LogP contribution < -0.4 is 24.2 Å². The minimum absolute atomic E-state index is 0.0554. The zero-order valence-corrected chi connectivity index (χ0v) is 17.3. The molecule has 0 saturated heterocycles. The summed E-state index contributed by atoms with van der Waals surface area (Å²) in [6.45, 7) is 0.193. The van der Waals surface area contributed by atoms with Crippen LogP contribution in [-0.4, -0.2) is 48.7 Å². The molecule has 0 atom stereocenters. The molecule has 0 aliphatic carbocycles. The van der Waals surface area contributed by atoms with E-state index in [2.05, 4.69) is 10.0 Å². The topological polar surface area (TPSA) is 103 Å². The first-order chi connectivity index (χ1) is 13.9. The summed E-state index contributed by atoms with van der Waals surface area (Å²) in [5.74, 6) is 1.43. The molecule has 8 nitrogen and oxygen atoms in total. The fraction of sp³-hybridized carbons (Fsp3) is 0.250. The van der Waals surface area contributed by atoms with E-state index in [0.29, 0.717) is 22.8 Å². The van der Waals surface area contributed by atoms with E-state index in [-0.39, 0.29) is 23.9 Å². The summed E-state index contributed by atoms with van der Waals surface area (Å²) in [6, 6.07) is 11.3. The van der Waals surface area contributed by atoms with E-state index in [1.807, 2.05) is 0 Å². The van der Waals surface area contributed by atoms with E-state index in [1.54, 1.807) is 43.5 Å². The van der Waals surface area contributed by atoms with Crippen LogP contribution in [0.5, 0.6) is 17.2 Å². The molecule has 0 unspecified atom stereocenters. The predicted molar refractivity (Wildman–Crippen MR) is 110 cm³/mol. The third-order valence-corrected chi connectivity index (χ3v) is 5.42. The monoisotopic (exact) mass is 420 g/mol. The minimum Gasteiger partial charge on any atom is -0.497 e. The number of benzene rings is 2. The molecule has 0 saturated carbocycles. The molecule has 0 fully saturated rings. The van der Waals surface area contributed by atoms with Gasteiger partial charge in [0.05, 0.1) is 26.2 Å². The summed E-state index contributed by atoms with van der Waals surface area (Å²) < 4.78 is 42.2. The van der Waals surface area contributed by atoms with Gasteiger partial charge in [0.25, 0.3) is 0 Å². The van der Waals surface area contributed by atoms with Crippen molar-refractivity contribution < 1.29 is 27.4 Å². The number of amides is 1. The summed E-state index contributed by atoms with van der Waals surface area (Å²) in [6.07, 6.45) is 2.96. The number of sulfonamides is 1. The molecular formula is C20H24N2O6S. The van der Waals surface area contributed by atoms with Crippen LogP contribution in [-0.2, 0) is 14.8 Å². The highest BCUT2D eigenvalue weighted by Crippen LogP contribution is 2.25. The van der Waals surface area contributed by atoms with Crippen LogP contribution in [0.15, 0.2) is 53.4 Å². The molecule has 0 bridgehead atoms. The fourth-order valence-corrected chi connectivity index (χ4v) is 3.42. The van der Waals surface area contributed by atoms with Crippen molar-refractivity contribution in [3.05, 3.63) is 54.1 Å². The third kappa shape index (κ3) is 6.51. The standard InChI is InChI=1S/C20H24N2O6S/c1-26-16-7-9-18(10-8-16)29(24,25)22-13-12-21-20(23)11-5-15-4-6-17(27-2)14-19(15)28-3/h4-11,14,22H,12-13H2,1-3H3,(H,21,23)/b11-5+. The Morgan fingerprint density at radius 2 is 1.59 bits per heavy atom. The van der Waals surface area contributed by atoms with Gasteiger partial charge >= 0.3 is 0 Å². The second-order valence-electron chi connectivity index (χ2n) is 5.81. The zero-order valence-electron chi connectivity index (χ0n) is 16.5. The molecule has 2 aromatic carbocycles. The normalized spacial score (nSPS) is 11.3. The Bertz CT molecular complexity index is 955. The van der Waals surface area contributed by atoms with Crippen LogP contribution in [0.3, 0.4) is 0 Å². The SMILES string of the molecule is COc1ccc(S(=O)(=O)NCCNC(=O)/C=C/c2ccc(OC)cc2OC)cc1. The van der Waals surface area contributed by atoms with E-state index in [4.69, 9.17) is 14.2 Å². The summed E-state index contributed by atoms with van der Waals surface area (Å²) >= 11 is 0. The van der Waals surface area contributed by atoms with Gasteiger partial charge in [-0.05, 0) is 42.5 Å². The van der Waals surface area contributed by atoms with Crippen LogP contribution in [0, 0.1) is 0 Å². The predicted octanol–water partition coefficient (Wildman–Crippen LogP) is 1.82. The molecule has 0 radical (unpaired) electrons. The number of rotatable bonds is 10. The van der Waals surface area contributed by atoms with E-state index in [9.17, 15) is 13.2 Å². The number of methoxy groups -OCH3 is 3. The average molecular weight is 420 g/mol. The molecule has 9 heteroatoms. The van der Waals surface area contributed by atoms with Crippen molar-refractivity contribution in [3.63, 3.8) is 0 Å². The van der Waals surface area contributed by atoms with E-state index in [1.165, 1.54) is 32.4 Å². The lowest BCUT2D eigenvalue weighted by molar-refractivity contribution is -0.116. The van der Waals surface area contributed by atoms with Crippen LogP contribution in [0.25, 0.3) is 6.08 Å². The first kappa shape index (κ1) is 22.3. The molecule has 0 heterocycles. The second kappa shape index (κ2) is 10.5. The Hall–Kier alpha value is -3.04. The third-order valence-electron chi connectivity index (χ3n) is 3.94. The van der Waals surface area contributed by atoms with Crippen LogP contribution in [0.4, 0.5) is 0 Å². The molecule has 2 aromatic rings. The average Bonchev–Trinajstić information content (AvgIpc) is 2.75. The number of hydrogen-bond acceptors (Lipinski definition) is 6. The Morgan fingerprint density at radius 1 is 0.931 bits per heavy atom. The van der Waals surface area contributed by atoms with Crippen LogP contribution >= 0.6 is 0 Å². The highest BCUT2D eigenvalue weighted by atomic mass is 32.2. The Morgan fingerprint density at radius 3 is 2.21 bits per heavy atom. The summed E-state index contributed by atoms with van der Waals surface area (Å²) in [7, 11) is 0.931. The Balaban J connectivity index is 1.84. The van der Waals surface area contributed by atoms with Gasteiger partial charge in [0.15, 0.2) is 0 Å². The number of hydrogen-bond donors (Lipinski definition) is 2. The molecule has 156 valence electrons. The first-order valence-electron chi connectivity index (χ1n) is 8.71. The summed E-state index contributed by atoms with van der Waals surface area (Å²) in [5.41, 5.74) is 0.712. The van der Waals surface area contributed by atoms with Gasteiger partial charge in [-0.15, -0.1) is 0 Å². The largest absolute Gasteiger partial charge is 0.497 e.